The Morgan fingerprint density at radius 2 is 1.42 bits per heavy atom. The second kappa shape index (κ2) is 9.73. The molecule has 0 spiro atoms. The highest BCUT2D eigenvalue weighted by Crippen LogP contribution is 2.32. The van der Waals surface area contributed by atoms with Crippen LogP contribution in [0.15, 0.2) is 60.7 Å². The summed E-state index contributed by atoms with van der Waals surface area (Å²) in [5, 5.41) is 0. The third-order valence-electron chi connectivity index (χ3n) is 5.75. The van der Waals surface area contributed by atoms with Crippen LogP contribution in [0, 0.1) is 11.8 Å². The van der Waals surface area contributed by atoms with Gasteiger partial charge in [0.1, 0.15) is 0 Å². The van der Waals surface area contributed by atoms with Crippen molar-refractivity contribution in [3.05, 3.63) is 71.8 Å². The average molecular weight is 349 g/mol. The number of methoxy groups -OCH3 is 1. The Labute approximate surface area is 159 Å². The molecule has 1 nitrogen and oxygen atoms in total. The molecule has 0 saturated heterocycles. The van der Waals surface area contributed by atoms with E-state index in [0.717, 1.165) is 11.8 Å². The maximum atomic E-state index is 5.18. The molecule has 2 aromatic rings. The van der Waals surface area contributed by atoms with Gasteiger partial charge in [0, 0.05) is 7.11 Å². The van der Waals surface area contributed by atoms with Gasteiger partial charge in [0.15, 0.2) is 0 Å². The van der Waals surface area contributed by atoms with E-state index >= 15 is 0 Å². The minimum atomic E-state index is 0.676. The smallest absolute Gasteiger partial charge is 0.0713 e. The molecule has 26 heavy (non-hydrogen) atoms. The fourth-order valence-electron chi connectivity index (χ4n) is 4.14. The lowest BCUT2D eigenvalue weighted by Gasteiger charge is -2.26. The van der Waals surface area contributed by atoms with Gasteiger partial charge in [-0.15, -0.1) is 0 Å². The van der Waals surface area contributed by atoms with Crippen molar-refractivity contribution < 1.29 is 4.74 Å². The minimum Gasteiger partial charge on any atom is -0.380 e. The SMILES string of the molecule is CC=C[C@H]1CC[C@H](CCc2ccc(-c3ccc(COC)cc3)cc2)CC1. The van der Waals surface area contributed by atoms with Crippen LogP contribution in [0.5, 0.6) is 0 Å². The molecular weight excluding hydrogens is 316 g/mol. The number of allylic oxidation sites excluding steroid dienone is 2. The van der Waals surface area contributed by atoms with Crippen LogP contribution >= 0.6 is 0 Å². The Morgan fingerprint density at radius 3 is 1.96 bits per heavy atom. The fourth-order valence-corrected chi connectivity index (χ4v) is 4.14. The van der Waals surface area contributed by atoms with Crippen LogP contribution in [-0.4, -0.2) is 7.11 Å². The highest BCUT2D eigenvalue weighted by atomic mass is 16.5. The number of benzene rings is 2. The van der Waals surface area contributed by atoms with Crippen molar-refractivity contribution in [3.63, 3.8) is 0 Å². The normalized spacial score (nSPS) is 20.5. The number of hydrogen-bond acceptors (Lipinski definition) is 1. The quantitative estimate of drug-likeness (QED) is 0.499. The summed E-state index contributed by atoms with van der Waals surface area (Å²) in [5.41, 5.74) is 5.26. The number of rotatable bonds is 7. The van der Waals surface area contributed by atoms with Gasteiger partial charge in [0.25, 0.3) is 0 Å². The third kappa shape index (κ3) is 5.32. The molecule has 1 aliphatic carbocycles. The van der Waals surface area contributed by atoms with Gasteiger partial charge in [-0.1, -0.05) is 60.7 Å². The molecular formula is C25H32O. The van der Waals surface area contributed by atoms with E-state index in [1.54, 1.807) is 7.11 Å². The van der Waals surface area contributed by atoms with E-state index < -0.39 is 0 Å². The highest BCUT2D eigenvalue weighted by Gasteiger charge is 2.19. The van der Waals surface area contributed by atoms with Gasteiger partial charge in [-0.2, -0.15) is 0 Å². The Morgan fingerprint density at radius 1 is 0.846 bits per heavy atom. The van der Waals surface area contributed by atoms with Gasteiger partial charge < -0.3 is 4.74 Å². The van der Waals surface area contributed by atoms with E-state index in [0.29, 0.717) is 6.61 Å². The van der Waals surface area contributed by atoms with Crippen LogP contribution < -0.4 is 0 Å². The molecule has 0 bridgehead atoms. The molecule has 0 atom stereocenters. The largest absolute Gasteiger partial charge is 0.380 e. The predicted octanol–water partition coefficient (Wildman–Crippen LogP) is 6.82. The van der Waals surface area contributed by atoms with Crippen molar-refractivity contribution >= 4 is 0 Å². The lowest BCUT2D eigenvalue weighted by molar-refractivity contribution is 0.185. The summed E-state index contributed by atoms with van der Waals surface area (Å²) in [7, 11) is 1.74. The van der Waals surface area contributed by atoms with Crippen LogP contribution in [0.4, 0.5) is 0 Å². The molecule has 0 amide bonds. The summed E-state index contributed by atoms with van der Waals surface area (Å²) in [4.78, 5) is 0. The molecule has 0 radical (unpaired) electrons. The predicted molar refractivity (Wildman–Crippen MR) is 111 cm³/mol. The lowest BCUT2D eigenvalue weighted by Crippen LogP contribution is -2.13. The fraction of sp³-hybridized carbons (Fsp3) is 0.440. The van der Waals surface area contributed by atoms with Gasteiger partial charge in [-0.05, 0) is 79.5 Å². The third-order valence-corrected chi connectivity index (χ3v) is 5.75. The van der Waals surface area contributed by atoms with Crippen molar-refractivity contribution in [1.29, 1.82) is 0 Å². The second-order valence-corrected chi connectivity index (χ2v) is 7.67. The first-order chi connectivity index (χ1) is 12.8. The van der Waals surface area contributed by atoms with E-state index in [1.807, 2.05) is 0 Å². The van der Waals surface area contributed by atoms with E-state index in [2.05, 4.69) is 67.6 Å². The van der Waals surface area contributed by atoms with Crippen molar-refractivity contribution in [3.8, 4) is 11.1 Å². The number of hydrogen-bond donors (Lipinski definition) is 0. The monoisotopic (exact) mass is 348 g/mol. The summed E-state index contributed by atoms with van der Waals surface area (Å²) in [6, 6.07) is 17.8. The van der Waals surface area contributed by atoms with Crippen LogP contribution in [0.25, 0.3) is 11.1 Å². The Bertz CT molecular complexity index is 673. The Balaban J connectivity index is 1.50. The summed E-state index contributed by atoms with van der Waals surface area (Å²) in [6.45, 7) is 2.82. The summed E-state index contributed by atoms with van der Waals surface area (Å²) in [5.74, 6) is 1.76. The minimum absolute atomic E-state index is 0.676. The standard InChI is InChI=1S/C25H32O/c1-3-4-20-5-7-21(8-6-20)9-10-22-11-15-24(16-12-22)25-17-13-23(14-18-25)19-26-2/h3-4,11-18,20-21H,5-10,19H2,1-2H3/t20-,21-. The van der Waals surface area contributed by atoms with E-state index in [1.165, 1.54) is 60.8 Å². The van der Waals surface area contributed by atoms with Crippen molar-refractivity contribution in [2.75, 3.05) is 7.11 Å². The summed E-state index contributed by atoms with van der Waals surface area (Å²) in [6.07, 6.45) is 12.7. The molecule has 2 aromatic carbocycles. The van der Waals surface area contributed by atoms with E-state index in [9.17, 15) is 0 Å². The number of ether oxygens (including phenoxy) is 1. The van der Waals surface area contributed by atoms with Crippen LogP contribution in [0.1, 0.15) is 50.2 Å². The summed E-state index contributed by atoms with van der Waals surface area (Å²) < 4.78 is 5.18. The molecule has 0 heterocycles. The van der Waals surface area contributed by atoms with Gasteiger partial charge in [-0.3, -0.25) is 0 Å². The molecule has 0 aliphatic heterocycles. The highest BCUT2D eigenvalue weighted by molar-refractivity contribution is 5.63. The van der Waals surface area contributed by atoms with Gasteiger partial charge in [0.05, 0.1) is 6.61 Å². The van der Waals surface area contributed by atoms with Crippen LogP contribution in [-0.2, 0) is 17.8 Å². The van der Waals surface area contributed by atoms with Gasteiger partial charge >= 0.3 is 0 Å². The molecule has 1 heteroatoms. The molecule has 1 fully saturated rings. The van der Waals surface area contributed by atoms with Crippen molar-refractivity contribution in [1.82, 2.24) is 0 Å². The van der Waals surface area contributed by atoms with Crippen molar-refractivity contribution in [2.45, 2.75) is 52.1 Å². The summed E-state index contributed by atoms with van der Waals surface area (Å²) >= 11 is 0. The first-order valence-corrected chi connectivity index (χ1v) is 10.1. The Kier molecular flexibility index (Phi) is 7.08. The molecule has 1 aliphatic rings. The average Bonchev–Trinajstić information content (AvgIpc) is 2.69. The zero-order valence-corrected chi connectivity index (χ0v) is 16.3. The second-order valence-electron chi connectivity index (χ2n) is 7.67. The topological polar surface area (TPSA) is 9.23 Å². The Hall–Kier alpha value is -1.86. The number of aryl methyl sites for hydroxylation is 1. The van der Waals surface area contributed by atoms with Crippen LogP contribution in [0.2, 0.25) is 0 Å². The van der Waals surface area contributed by atoms with E-state index in [4.69, 9.17) is 4.74 Å². The van der Waals surface area contributed by atoms with E-state index in [-0.39, 0.29) is 0 Å². The van der Waals surface area contributed by atoms with Gasteiger partial charge in [-0.25, -0.2) is 0 Å². The molecule has 0 N–H and O–H groups in total. The van der Waals surface area contributed by atoms with Gasteiger partial charge in [0.2, 0.25) is 0 Å². The molecule has 138 valence electrons. The zero-order chi connectivity index (χ0) is 18.2. The molecule has 0 aromatic heterocycles. The first-order valence-electron chi connectivity index (χ1n) is 10.1. The maximum absolute atomic E-state index is 5.18. The molecule has 3 rings (SSSR count). The lowest BCUT2D eigenvalue weighted by atomic mass is 9.79. The zero-order valence-electron chi connectivity index (χ0n) is 16.3. The first kappa shape index (κ1) is 18.9. The molecule has 1 saturated carbocycles. The van der Waals surface area contributed by atoms with Crippen LogP contribution in [0.3, 0.4) is 0 Å². The maximum Gasteiger partial charge on any atom is 0.0713 e. The van der Waals surface area contributed by atoms with Crippen molar-refractivity contribution in [2.24, 2.45) is 11.8 Å². The molecule has 0 unspecified atom stereocenters.